The van der Waals surface area contributed by atoms with E-state index in [1.165, 1.54) is 0 Å². The molecule has 3 nitrogen and oxygen atoms in total. The van der Waals surface area contributed by atoms with E-state index in [9.17, 15) is 5.11 Å². The van der Waals surface area contributed by atoms with E-state index in [0.717, 1.165) is 11.3 Å². The summed E-state index contributed by atoms with van der Waals surface area (Å²) in [7, 11) is 1.64. The number of hydrogen-bond donors (Lipinski definition) is 1. The number of para-hydroxylation sites is 1. The highest BCUT2D eigenvalue weighted by Gasteiger charge is 2.10. The van der Waals surface area contributed by atoms with Crippen LogP contribution in [-0.2, 0) is 4.74 Å². The summed E-state index contributed by atoms with van der Waals surface area (Å²) < 4.78 is 10.7. The Balaban J connectivity index is 2.75. The second-order valence-corrected chi connectivity index (χ2v) is 3.60. The fraction of sp³-hybridized carbons (Fsp3) is 0.500. The molecule has 0 radical (unpaired) electrons. The molecule has 0 heterocycles. The predicted octanol–water partition coefficient (Wildman–Crippen LogP) is 2.15. The van der Waals surface area contributed by atoms with Gasteiger partial charge in [0, 0.05) is 12.7 Å². The first kappa shape index (κ1) is 12.0. The van der Waals surface area contributed by atoms with Crippen molar-refractivity contribution in [2.45, 2.75) is 26.1 Å². The van der Waals surface area contributed by atoms with Crippen molar-refractivity contribution in [2.24, 2.45) is 0 Å². The number of aliphatic hydroxyl groups excluding tert-OH is 1. The molecule has 0 spiro atoms. The van der Waals surface area contributed by atoms with Gasteiger partial charge in [-0.2, -0.15) is 0 Å². The predicted molar refractivity (Wildman–Crippen MR) is 59.0 cm³/mol. The Labute approximate surface area is 90.6 Å². The molecule has 15 heavy (non-hydrogen) atoms. The molecule has 0 saturated heterocycles. The van der Waals surface area contributed by atoms with Crippen LogP contribution >= 0.6 is 0 Å². The van der Waals surface area contributed by atoms with E-state index < -0.39 is 6.10 Å². The van der Waals surface area contributed by atoms with Crippen molar-refractivity contribution in [2.75, 3.05) is 13.7 Å². The molecule has 1 aromatic rings. The van der Waals surface area contributed by atoms with Gasteiger partial charge in [-0.1, -0.05) is 18.2 Å². The Morgan fingerprint density at radius 3 is 2.53 bits per heavy atom. The van der Waals surface area contributed by atoms with Gasteiger partial charge >= 0.3 is 0 Å². The van der Waals surface area contributed by atoms with Crippen LogP contribution in [0.2, 0.25) is 0 Å². The van der Waals surface area contributed by atoms with E-state index in [1.807, 2.05) is 31.2 Å². The third-order valence-electron chi connectivity index (χ3n) is 2.10. The van der Waals surface area contributed by atoms with Gasteiger partial charge in [0.05, 0.1) is 12.7 Å². The Hall–Kier alpha value is -1.06. The van der Waals surface area contributed by atoms with E-state index in [0.29, 0.717) is 6.61 Å². The first-order valence-electron chi connectivity index (χ1n) is 5.07. The number of rotatable bonds is 5. The monoisotopic (exact) mass is 210 g/mol. The number of aliphatic hydroxyl groups is 1. The van der Waals surface area contributed by atoms with Gasteiger partial charge in [-0.05, 0) is 19.9 Å². The minimum Gasteiger partial charge on any atom is -0.488 e. The molecular weight excluding hydrogens is 192 g/mol. The van der Waals surface area contributed by atoms with Gasteiger partial charge in [-0.3, -0.25) is 0 Å². The zero-order chi connectivity index (χ0) is 11.3. The summed E-state index contributed by atoms with van der Waals surface area (Å²) in [6.07, 6.45) is -0.536. The van der Waals surface area contributed by atoms with Crippen molar-refractivity contribution in [3.05, 3.63) is 29.8 Å². The molecule has 0 amide bonds. The molecular formula is C12H18O3. The average Bonchev–Trinajstić information content (AvgIpc) is 2.18. The van der Waals surface area contributed by atoms with Crippen LogP contribution in [0.1, 0.15) is 25.5 Å². The Bertz CT molecular complexity index is 297. The summed E-state index contributed by atoms with van der Waals surface area (Å²) in [5.74, 6) is 0.719. The topological polar surface area (TPSA) is 38.7 Å². The smallest absolute Gasteiger partial charge is 0.125 e. The van der Waals surface area contributed by atoms with Crippen LogP contribution in [0, 0.1) is 0 Å². The van der Waals surface area contributed by atoms with E-state index in [1.54, 1.807) is 14.0 Å². The maximum absolute atomic E-state index is 9.54. The normalized spacial score (nSPS) is 14.7. The Morgan fingerprint density at radius 2 is 1.93 bits per heavy atom. The van der Waals surface area contributed by atoms with Gasteiger partial charge in [-0.15, -0.1) is 0 Å². The first-order valence-corrected chi connectivity index (χ1v) is 5.07. The zero-order valence-electron chi connectivity index (χ0n) is 9.43. The van der Waals surface area contributed by atoms with Gasteiger partial charge in [0.2, 0.25) is 0 Å². The maximum atomic E-state index is 9.54. The summed E-state index contributed by atoms with van der Waals surface area (Å²) in [6, 6.07) is 7.49. The van der Waals surface area contributed by atoms with E-state index in [2.05, 4.69) is 0 Å². The maximum Gasteiger partial charge on any atom is 0.125 e. The van der Waals surface area contributed by atoms with Crippen LogP contribution in [0.15, 0.2) is 24.3 Å². The van der Waals surface area contributed by atoms with Crippen LogP contribution in [0.25, 0.3) is 0 Å². The van der Waals surface area contributed by atoms with Crippen molar-refractivity contribution in [1.29, 1.82) is 0 Å². The molecule has 0 bridgehead atoms. The highest BCUT2D eigenvalue weighted by Crippen LogP contribution is 2.25. The largest absolute Gasteiger partial charge is 0.488 e. The van der Waals surface area contributed by atoms with E-state index in [4.69, 9.17) is 9.47 Å². The van der Waals surface area contributed by atoms with Crippen molar-refractivity contribution in [1.82, 2.24) is 0 Å². The molecule has 1 rings (SSSR count). The highest BCUT2D eigenvalue weighted by atomic mass is 16.5. The fourth-order valence-corrected chi connectivity index (χ4v) is 1.42. The lowest BCUT2D eigenvalue weighted by molar-refractivity contribution is 0.0886. The van der Waals surface area contributed by atoms with E-state index >= 15 is 0 Å². The highest BCUT2D eigenvalue weighted by molar-refractivity contribution is 5.34. The van der Waals surface area contributed by atoms with Crippen LogP contribution < -0.4 is 4.74 Å². The van der Waals surface area contributed by atoms with Gasteiger partial charge in [0.15, 0.2) is 0 Å². The standard InChI is InChI=1S/C12H18O3/c1-9(8-14-3)15-12-7-5-4-6-11(12)10(2)13/h4-7,9-10,13H,8H2,1-3H3/t9?,10-/m0/s1. The molecule has 0 fully saturated rings. The number of benzene rings is 1. The average molecular weight is 210 g/mol. The molecule has 3 heteroatoms. The Kier molecular flexibility index (Phi) is 4.59. The minimum absolute atomic E-state index is 0.0186. The second-order valence-electron chi connectivity index (χ2n) is 3.60. The van der Waals surface area contributed by atoms with Crippen molar-refractivity contribution < 1.29 is 14.6 Å². The molecule has 1 unspecified atom stereocenters. The van der Waals surface area contributed by atoms with Crippen molar-refractivity contribution >= 4 is 0 Å². The number of ether oxygens (including phenoxy) is 2. The molecule has 84 valence electrons. The van der Waals surface area contributed by atoms with Crippen LogP contribution in [0.3, 0.4) is 0 Å². The Morgan fingerprint density at radius 1 is 1.27 bits per heavy atom. The lowest BCUT2D eigenvalue weighted by Crippen LogP contribution is -2.18. The lowest BCUT2D eigenvalue weighted by Gasteiger charge is -2.17. The third-order valence-corrected chi connectivity index (χ3v) is 2.10. The van der Waals surface area contributed by atoms with Crippen molar-refractivity contribution in [3.63, 3.8) is 0 Å². The minimum atomic E-state index is -0.518. The second kappa shape index (κ2) is 5.73. The van der Waals surface area contributed by atoms with E-state index in [-0.39, 0.29) is 6.10 Å². The van der Waals surface area contributed by atoms with Gasteiger partial charge < -0.3 is 14.6 Å². The fourth-order valence-electron chi connectivity index (χ4n) is 1.42. The van der Waals surface area contributed by atoms with Gasteiger partial charge in [0.1, 0.15) is 11.9 Å². The molecule has 1 aromatic carbocycles. The van der Waals surface area contributed by atoms with Crippen LogP contribution in [-0.4, -0.2) is 24.9 Å². The van der Waals surface area contributed by atoms with Crippen LogP contribution in [0.4, 0.5) is 0 Å². The lowest BCUT2D eigenvalue weighted by atomic mass is 10.1. The third kappa shape index (κ3) is 3.53. The number of methoxy groups -OCH3 is 1. The van der Waals surface area contributed by atoms with Gasteiger partial charge in [-0.25, -0.2) is 0 Å². The quantitative estimate of drug-likeness (QED) is 0.809. The molecule has 0 saturated carbocycles. The molecule has 0 aromatic heterocycles. The van der Waals surface area contributed by atoms with Crippen molar-refractivity contribution in [3.8, 4) is 5.75 Å². The number of hydrogen-bond acceptors (Lipinski definition) is 3. The molecule has 0 aliphatic heterocycles. The summed E-state index contributed by atoms with van der Waals surface area (Å²) in [5, 5.41) is 9.54. The summed E-state index contributed by atoms with van der Waals surface area (Å²) >= 11 is 0. The molecule has 0 aliphatic carbocycles. The summed E-state index contributed by atoms with van der Waals surface area (Å²) in [6.45, 7) is 4.19. The van der Waals surface area contributed by atoms with Crippen LogP contribution in [0.5, 0.6) is 5.75 Å². The SMILES string of the molecule is COCC(C)Oc1ccccc1[C@H](C)O. The first-order chi connectivity index (χ1) is 7.15. The molecule has 2 atom stereocenters. The summed E-state index contributed by atoms with van der Waals surface area (Å²) in [4.78, 5) is 0. The zero-order valence-corrected chi connectivity index (χ0v) is 9.43. The summed E-state index contributed by atoms with van der Waals surface area (Å²) in [5.41, 5.74) is 0.806. The molecule has 1 N–H and O–H groups in total. The molecule has 0 aliphatic rings. The van der Waals surface area contributed by atoms with Gasteiger partial charge in [0.25, 0.3) is 0 Å².